The van der Waals surface area contributed by atoms with Gasteiger partial charge >= 0.3 is 0 Å². The van der Waals surface area contributed by atoms with E-state index in [0.717, 1.165) is 12.1 Å². The van der Waals surface area contributed by atoms with Crippen molar-refractivity contribution >= 4 is 49.0 Å². The second kappa shape index (κ2) is 7.11. The minimum Gasteiger partial charge on any atom is -0.288 e. The first kappa shape index (κ1) is 17.2. The van der Waals surface area contributed by atoms with Crippen molar-refractivity contribution in [3.63, 3.8) is 0 Å². The number of aliphatic imine (C=N–C) groups is 1. The van der Waals surface area contributed by atoms with Gasteiger partial charge in [0.2, 0.25) is 0 Å². The van der Waals surface area contributed by atoms with Gasteiger partial charge in [-0.05, 0) is 62.5 Å². The van der Waals surface area contributed by atoms with Gasteiger partial charge in [-0.15, -0.1) is 0 Å². The van der Waals surface area contributed by atoms with Crippen LogP contribution in [0.5, 0.6) is 0 Å². The van der Waals surface area contributed by atoms with Crippen LogP contribution in [0.15, 0.2) is 44.4 Å². The zero-order valence-electron chi connectivity index (χ0n) is 12.7. The van der Waals surface area contributed by atoms with E-state index in [4.69, 9.17) is 0 Å². The maximum Gasteiger partial charge on any atom is 0.148 e. The molecule has 1 aliphatic heterocycles. The third-order valence-corrected chi connectivity index (χ3v) is 4.88. The summed E-state index contributed by atoms with van der Waals surface area (Å²) in [5.41, 5.74) is 2.28. The standard InChI is InChI=1S/C9H8BrFN2.C8H5BrFN/c1-2-13-5-6-8(12-13)4-3-7(10)9(6)11;9-7-2-1-5-3-11-4-6(5)8(7)10/h3-5H,2H2,1H3;1-2,4H,3H2. The Labute approximate surface area is 154 Å². The molecule has 4 rings (SSSR count). The molecule has 0 amide bonds. The van der Waals surface area contributed by atoms with E-state index in [1.165, 1.54) is 0 Å². The van der Waals surface area contributed by atoms with Crippen LogP contribution in [0.2, 0.25) is 0 Å². The van der Waals surface area contributed by atoms with E-state index < -0.39 is 0 Å². The molecule has 124 valence electrons. The van der Waals surface area contributed by atoms with E-state index in [1.807, 2.05) is 13.0 Å². The second-order valence-electron chi connectivity index (χ2n) is 5.18. The van der Waals surface area contributed by atoms with E-state index in [0.29, 0.717) is 32.0 Å². The van der Waals surface area contributed by atoms with E-state index in [9.17, 15) is 8.78 Å². The lowest BCUT2D eigenvalue weighted by atomic mass is 10.1. The third-order valence-electron chi connectivity index (χ3n) is 3.65. The zero-order valence-corrected chi connectivity index (χ0v) is 15.9. The Morgan fingerprint density at radius 2 is 1.79 bits per heavy atom. The fourth-order valence-electron chi connectivity index (χ4n) is 2.36. The highest BCUT2D eigenvalue weighted by molar-refractivity contribution is 9.10. The van der Waals surface area contributed by atoms with Gasteiger partial charge in [0, 0.05) is 24.5 Å². The lowest BCUT2D eigenvalue weighted by Gasteiger charge is -1.99. The number of nitrogens with zero attached hydrogens (tertiary/aromatic N) is 3. The molecule has 2 aromatic carbocycles. The van der Waals surface area contributed by atoms with Crippen LogP contribution in [0.25, 0.3) is 10.9 Å². The molecule has 0 atom stereocenters. The fraction of sp³-hybridized carbons (Fsp3) is 0.176. The van der Waals surface area contributed by atoms with Crippen LogP contribution in [-0.4, -0.2) is 16.0 Å². The molecule has 2 heterocycles. The molecule has 0 aliphatic carbocycles. The van der Waals surface area contributed by atoms with Crippen molar-refractivity contribution in [2.75, 3.05) is 0 Å². The average molecular weight is 457 g/mol. The monoisotopic (exact) mass is 455 g/mol. The van der Waals surface area contributed by atoms with Crippen molar-refractivity contribution in [1.82, 2.24) is 9.78 Å². The smallest absolute Gasteiger partial charge is 0.148 e. The van der Waals surface area contributed by atoms with Crippen LogP contribution in [-0.2, 0) is 13.1 Å². The minimum absolute atomic E-state index is 0.205. The number of halogens is 4. The Balaban J connectivity index is 0.000000143. The molecule has 1 aromatic heterocycles. The Morgan fingerprint density at radius 3 is 2.54 bits per heavy atom. The number of fused-ring (bicyclic) bond motifs is 2. The summed E-state index contributed by atoms with van der Waals surface area (Å²) in [6, 6.07) is 7.07. The summed E-state index contributed by atoms with van der Waals surface area (Å²) >= 11 is 6.25. The largest absolute Gasteiger partial charge is 0.288 e. The summed E-state index contributed by atoms with van der Waals surface area (Å²) in [5.74, 6) is -0.444. The molecule has 0 saturated carbocycles. The summed E-state index contributed by atoms with van der Waals surface area (Å²) in [7, 11) is 0. The van der Waals surface area contributed by atoms with E-state index >= 15 is 0 Å². The van der Waals surface area contributed by atoms with Gasteiger partial charge in [-0.2, -0.15) is 5.10 Å². The Hall–Kier alpha value is -1.60. The molecule has 7 heteroatoms. The van der Waals surface area contributed by atoms with Gasteiger partial charge in [-0.3, -0.25) is 9.67 Å². The Bertz CT molecular complexity index is 935. The molecule has 0 radical (unpaired) electrons. The molecule has 3 aromatic rings. The maximum atomic E-state index is 13.4. The summed E-state index contributed by atoms with van der Waals surface area (Å²) < 4.78 is 29.3. The van der Waals surface area contributed by atoms with Crippen molar-refractivity contribution in [3.8, 4) is 0 Å². The van der Waals surface area contributed by atoms with E-state index in [2.05, 4.69) is 42.0 Å². The highest BCUT2D eigenvalue weighted by Gasteiger charge is 2.13. The maximum absolute atomic E-state index is 13.4. The van der Waals surface area contributed by atoms with Gasteiger partial charge in [-0.1, -0.05) is 6.07 Å². The minimum atomic E-state index is -0.239. The number of benzene rings is 2. The molecule has 0 spiro atoms. The normalized spacial score (nSPS) is 12.2. The number of rotatable bonds is 1. The molecule has 0 N–H and O–H groups in total. The highest BCUT2D eigenvalue weighted by atomic mass is 79.9. The molecular formula is C17H13Br2F2N3. The zero-order chi connectivity index (χ0) is 17.3. The average Bonchev–Trinajstić information content (AvgIpc) is 3.22. The number of aryl methyl sites for hydroxylation is 1. The van der Waals surface area contributed by atoms with Crippen molar-refractivity contribution < 1.29 is 8.78 Å². The molecule has 24 heavy (non-hydrogen) atoms. The van der Waals surface area contributed by atoms with Crippen molar-refractivity contribution in [2.24, 2.45) is 4.99 Å². The quantitative estimate of drug-likeness (QED) is 0.477. The molecule has 1 aliphatic rings. The molecular weight excluding hydrogens is 444 g/mol. The number of aromatic nitrogens is 2. The molecule has 0 unspecified atom stereocenters. The first-order valence-electron chi connectivity index (χ1n) is 7.29. The van der Waals surface area contributed by atoms with Gasteiger partial charge < -0.3 is 0 Å². The summed E-state index contributed by atoms with van der Waals surface area (Å²) in [6.07, 6.45) is 3.30. The van der Waals surface area contributed by atoms with Crippen molar-refractivity contribution in [3.05, 3.63) is 62.2 Å². The van der Waals surface area contributed by atoms with Gasteiger partial charge in [0.25, 0.3) is 0 Å². The third kappa shape index (κ3) is 3.28. The van der Waals surface area contributed by atoms with Crippen LogP contribution in [0.1, 0.15) is 18.1 Å². The first-order chi connectivity index (χ1) is 11.5. The van der Waals surface area contributed by atoms with E-state index in [1.54, 1.807) is 35.3 Å². The predicted molar refractivity (Wildman–Crippen MR) is 98.5 cm³/mol. The van der Waals surface area contributed by atoms with E-state index in [-0.39, 0.29) is 11.6 Å². The molecule has 0 saturated heterocycles. The number of hydrogen-bond acceptors (Lipinski definition) is 2. The Kier molecular flexibility index (Phi) is 5.10. The molecule has 3 nitrogen and oxygen atoms in total. The van der Waals surface area contributed by atoms with Crippen LogP contribution in [0, 0.1) is 11.6 Å². The number of hydrogen-bond donors (Lipinski definition) is 0. The fourth-order valence-corrected chi connectivity index (χ4v) is 3.05. The van der Waals surface area contributed by atoms with Crippen LogP contribution >= 0.6 is 31.9 Å². The van der Waals surface area contributed by atoms with Gasteiger partial charge in [0.1, 0.15) is 11.6 Å². The summed E-state index contributed by atoms with van der Waals surface area (Å²) in [4.78, 5) is 3.97. The Morgan fingerprint density at radius 1 is 1.08 bits per heavy atom. The topological polar surface area (TPSA) is 30.2 Å². The van der Waals surface area contributed by atoms with Crippen LogP contribution in [0.3, 0.4) is 0 Å². The lowest BCUT2D eigenvalue weighted by molar-refractivity contribution is 0.618. The summed E-state index contributed by atoms with van der Waals surface area (Å²) in [5, 5.41) is 4.75. The van der Waals surface area contributed by atoms with Gasteiger partial charge in [0.05, 0.1) is 26.4 Å². The molecule has 0 fully saturated rings. The van der Waals surface area contributed by atoms with Gasteiger partial charge in [-0.25, -0.2) is 8.78 Å². The van der Waals surface area contributed by atoms with Crippen molar-refractivity contribution in [1.29, 1.82) is 0 Å². The first-order valence-corrected chi connectivity index (χ1v) is 8.87. The highest BCUT2D eigenvalue weighted by Crippen LogP contribution is 2.25. The SMILES string of the molecule is CCn1cc2c(F)c(Br)ccc2n1.Fc1c(Br)ccc2c1C=NC2. The molecule has 0 bridgehead atoms. The van der Waals surface area contributed by atoms with Crippen LogP contribution in [0.4, 0.5) is 8.78 Å². The van der Waals surface area contributed by atoms with Crippen LogP contribution < -0.4 is 0 Å². The predicted octanol–water partition coefficient (Wildman–Crippen LogP) is 5.48. The van der Waals surface area contributed by atoms with Gasteiger partial charge in [0.15, 0.2) is 0 Å². The second-order valence-corrected chi connectivity index (χ2v) is 6.89. The van der Waals surface area contributed by atoms with Crippen molar-refractivity contribution in [2.45, 2.75) is 20.0 Å². The summed E-state index contributed by atoms with van der Waals surface area (Å²) in [6.45, 7) is 3.34. The lowest BCUT2D eigenvalue weighted by Crippen LogP contribution is -1.92.